The average molecular weight is 332 g/mol. The number of anilines is 1. The molecule has 0 saturated heterocycles. The van der Waals surface area contributed by atoms with Crippen LogP contribution in [0.25, 0.3) is 0 Å². The molecule has 1 amide bonds. The Balaban J connectivity index is 2.29. The Labute approximate surface area is 118 Å². The number of halogens is 1. The summed E-state index contributed by atoms with van der Waals surface area (Å²) < 4.78 is 7.25. The first-order chi connectivity index (χ1) is 8.70. The third kappa shape index (κ3) is 2.58. The number of carboxylic acid groups (broad SMARTS) is 1. The molecule has 0 aromatic carbocycles. The van der Waals surface area contributed by atoms with Gasteiger partial charge in [-0.15, -0.1) is 0 Å². The first-order valence-corrected chi connectivity index (χ1v) is 6.50. The maximum atomic E-state index is 12.0. The van der Waals surface area contributed by atoms with Gasteiger partial charge in [0.1, 0.15) is 10.2 Å². The van der Waals surface area contributed by atoms with Gasteiger partial charge in [-0.3, -0.25) is 0 Å². The minimum Gasteiger partial charge on any atom is -0.476 e. The fraction of sp³-hybridized carbons (Fsp3) is 0.545. The average Bonchev–Trinajstić information content (AvgIpc) is 2.76. The summed E-state index contributed by atoms with van der Waals surface area (Å²) in [4.78, 5) is 28.3. The number of nitrogens with zero attached hydrogens (tertiary/aromatic N) is 3. The Morgan fingerprint density at radius 3 is 2.53 bits per heavy atom. The molecular formula is C11H14BrN3O4. The number of rotatable bonds is 1. The second-order valence-corrected chi connectivity index (χ2v) is 5.89. The Morgan fingerprint density at radius 2 is 2.00 bits per heavy atom. The second kappa shape index (κ2) is 4.52. The van der Waals surface area contributed by atoms with E-state index in [9.17, 15) is 9.59 Å². The molecular weight excluding hydrogens is 318 g/mol. The molecule has 0 bridgehead atoms. The molecule has 19 heavy (non-hydrogen) atoms. The largest absolute Gasteiger partial charge is 0.476 e. The molecule has 7 nitrogen and oxygen atoms in total. The number of aromatic nitrogens is 2. The van der Waals surface area contributed by atoms with Gasteiger partial charge < -0.3 is 14.4 Å². The lowest BCUT2D eigenvalue weighted by molar-refractivity contribution is 0.0580. The molecule has 0 spiro atoms. The van der Waals surface area contributed by atoms with E-state index >= 15 is 0 Å². The standard InChI is InChI=1S/C11H14BrN3O4/c1-11(2,3)19-10(18)15-5-4-14-7(12)6(8(16)17)13-9(14)15/h4-5H2,1-3H3,(H,16,17). The molecule has 0 unspecified atom stereocenters. The van der Waals surface area contributed by atoms with Crippen LogP contribution < -0.4 is 4.90 Å². The lowest BCUT2D eigenvalue weighted by Gasteiger charge is -2.23. The summed E-state index contributed by atoms with van der Waals surface area (Å²) in [6.07, 6.45) is -0.527. The summed E-state index contributed by atoms with van der Waals surface area (Å²) in [5.74, 6) is -0.851. The monoisotopic (exact) mass is 331 g/mol. The molecule has 0 aliphatic carbocycles. The van der Waals surface area contributed by atoms with Crippen LogP contribution in [0.3, 0.4) is 0 Å². The molecule has 0 saturated carbocycles. The van der Waals surface area contributed by atoms with Crippen LogP contribution in [0.4, 0.5) is 10.7 Å². The maximum Gasteiger partial charge on any atom is 0.417 e. The molecule has 1 aliphatic heterocycles. The number of imidazole rings is 1. The molecule has 0 fully saturated rings. The molecule has 1 aromatic rings. The van der Waals surface area contributed by atoms with Crippen LogP contribution in [-0.4, -0.2) is 38.9 Å². The molecule has 2 heterocycles. The first kappa shape index (κ1) is 13.9. The van der Waals surface area contributed by atoms with E-state index in [1.807, 2.05) is 0 Å². The topological polar surface area (TPSA) is 84.7 Å². The number of aromatic carboxylic acids is 1. The van der Waals surface area contributed by atoms with Crippen LogP contribution in [0.15, 0.2) is 4.60 Å². The normalized spacial score (nSPS) is 14.4. The van der Waals surface area contributed by atoms with Crippen LogP contribution in [0.2, 0.25) is 0 Å². The Hall–Kier alpha value is -1.57. The zero-order valence-electron chi connectivity index (χ0n) is 10.8. The zero-order valence-corrected chi connectivity index (χ0v) is 12.4. The highest BCUT2D eigenvalue weighted by atomic mass is 79.9. The highest BCUT2D eigenvalue weighted by Gasteiger charge is 2.34. The predicted octanol–water partition coefficient (Wildman–Crippen LogP) is 2.10. The van der Waals surface area contributed by atoms with Crippen molar-refractivity contribution in [2.75, 3.05) is 11.4 Å². The maximum absolute atomic E-state index is 12.0. The molecule has 0 atom stereocenters. The molecule has 1 aromatic heterocycles. The molecule has 0 radical (unpaired) electrons. The third-order valence-electron chi connectivity index (χ3n) is 2.49. The number of carbonyl (C=O) groups is 2. The van der Waals surface area contributed by atoms with Gasteiger partial charge in [-0.25, -0.2) is 19.5 Å². The molecule has 1 aliphatic rings. The number of ether oxygens (including phenoxy) is 1. The van der Waals surface area contributed by atoms with E-state index < -0.39 is 17.7 Å². The van der Waals surface area contributed by atoms with Crippen LogP contribution in [0.5, 0.6) is 0 Å². The Kier molecular flexibility index (Phi) is 3.29. The van der Waals surface area contributed by atoms with Crippen molar-refractivity contribution >= 4 is 33.9 Å². The highest BCUT2D eigenvalue weighted by Crippen LogP contribution is 2.30. The molecule has 2 rings (SSSR count). The summed E-state index contributed by atoms with van der Waals surface area (Å²) >= 11 is 3.18. The summed E-state index contributed by atoms with van der Waals surface area (Å²) in [6.45, 7) is 6.20. The number of carboxylic acids is 1. The summed E-state index contributed by atoms with van der Waals surface area (Å²) in [6, 6.07) is 0. The van der Waals surface area contributed by atoms with Gasteiger partial charge in [0.25, 0.3) is 0 Å². The van der Waals surface area contributed by atoms with E-state index in [1.54, 1.807) is 25.3 Å². The van der Waals surface area contributed by atoms with Gasteiger partial charge in [0.05, 0.1) is 6.54 Å². The Morgan fingerprint density at radius 1 is 1.37 bits per heavy atom. The number of hydrogen-bond acceptors (Lipinski definition) is 4. The number of amides is 1. The quantitative estimate of drug-likeness (QED) is 0.851. The lowest BCUT2D eigenvalue weighted by Crippen LogP contribution is -2.36. The van der Waals surface area contributed by atoms with E-state index in [2.05, 4.69) is 20.9 Å². The zero-order chi connectivity index (χ0) is 14.4. The van der Waals surface area contributed by atoms with Gasteiger partial charge in [-0.1, -0.05) is 0 Å². The third-order valence-corrected chi connectivity index (χ3v) is 3.29. The SMILES string of the molecule is CC(C)(C)OC(=O)N1CCn2c1nc(C(=O)O)c2Br. The van der Waals surface area contributed by atoms with Gasteiger partial charge >= 0.3 is 12.1 Å². The fourth-order valence-electron chi connectivity index (χ4n) is 1.75. The predicted molar refractivity (Wildman–Crippen MR) is 70.5 cm³/mol. The smallest absolute Gasteiger partial charge is 0.417 e. The van der Waals surface area contributed by atoms with Crippen molar-refractivity contribution in [3.05, 3.63) is 10.3 Å². The summed E-state index contributed by atoms with van der Waals surface area (Å²) in [5, 5.41) is 8.99. The van der Waals surface area contributed by atoms with Gasteiger partial charge in [0.15, 0.2) is 5.69 Å². The van der Waals surface area contributed by atoms with Crippen molar-refractivity contribution in [2.45, 2.75) is 32.9 Å². The van der Waals surface area contributed by atoms with Crippen molar-refractivity contribution in [3.63, 3.8) is 0 Å². The van der Waals surface area contributed by atoms with E-state index in [1.165, 1.54) is 4.90 Å². The van der Waals surface area contributed by atoms with Gasteiger partial charge in [0.2, 0.25) is 5.95 Å². The summed E-state index contributed by atoms with van der Waals surface area (Å²) in [5.41, 5.74) is -0.715. The minimum absolute atomic E-state index is 0.108. The van der Waals surface area contributed by atoms with E-state index in [4.69, 9.17) is 9.84 Å². The Bertz CT molecular complexity index is 547. The second-order valence-electron chi connectivity index (χ2n) is 5.14. The van der Waals surface area contributed by atoms with Crippen molar-refractivity contribution in [1.29, 1.82) is 0 Å². The van der Waals surface area contributed by atoms with Crippen molar-refractivity contribution in [3.8, 4) is 0 Å². The van der Waals surface area contributed by atoms with Gasteiger partial charge in [-0.2, -0.15) is 0 Å². The first-order valence-electron chi connectivity index (χ1n) is 5.70. The van der Waals surface area contributed by atoms with Crippen molar-refractivity contribution in [2.24, 2.45) is 0 Å². The van der Waals surface area contributed by atoms with Crippen molar-refractivity contribution in [1.82, 2.24) is 9.55 Å². The molecule has 8 heteroatoms. The van der Waals surface area contributed by atoms with Crippen LogP contribution in [0.1, 0.15) is 31.3 Å². The molecule has 1 N–H and O–H groups in total. The van der Waals surface area contributed by atoms with Crippen molar-refractivity contribution < 1.29 is 19.4 Å². The highest BCUT2D eigenvalue weighted by molar-refractivity contribution is 9.10. The van der Waals surface area contributed by atoms with E-state index in [0.29, 0.717) is 23.6 Å². The summed E-state index contributed by atoms with van der Waals surface area (Å²) in [7, 11) is 0. The fourth-order valence-corrected chi connectivity index (χ4v) is 2.35. The van der Waals surface area contributed by atoms with Crippen LogP contribution in [0, 0.1) is 0 Å². The minimum atomic E-state index is -1.14. The van der Waals surface area contributed by atoms with Gasteiger partial charge in [-0.05, 0) is 36.7 Å². The van der Waals surface area contributed by atoms with Gasteiger partial charge in [0, 0.05) is 6.54 Å². The number of carbonyl (C=O) groups excluding carboxylic acids is 1. The number of fused-ring (bicyclic) bond motifs is 1. The van der Waals surface area contributed by atoms with Crippen LogP contribution in [-0.2, 0) is 11.3 Å². The van der Waals surface area contributed by atoms with Crippen LogP contribution >= 0.6 is 15.9 Å². The van der Waals surface area contributed by atoms with E-state index in [0.717, 1.165) is 0 Å². The number of hydrogen-bond donors (Lipinski definition) is 1. The van der Waals surface area contributed by atoms with E-state index in [-0.39, 0.29) is 5.69 Å². The lowest BCUT2D eigenvalue weighted by atomic mass is 10.2. The molecule has 104 valence electrons.